The van der Waals surface area contributed by atoms with Crippen molar-refractivity contribution in [2.45, 2.75) is 56.4 Å². The molecule has 2 amide bonds. The first-order valence-corrected chi connectivity index (χ1v) is 11.3. The van der Waals surface area contributed by atoms with E-state index in [-0.39, 0.29) is 30.5 Å². The molecule has 0 aliphatic carbocycles. The molecule has 2 bridgehead atoms. The van der Waals surface area contributed by atoms with Gasteiger partial charge in [0.15, 0.2) is 18.5 Å². The number of ether oxygens (including phenoxy) is 2. The van der Waals surface area contributed by atoms with Gasteiger partial charge in [-0.15, -0.1) is 0 Å². The van der Waals surface area contributed by atoms with Crippen LogP contribution in [0.5, 0.6) is 0 Å². The monoisotopic (exact) mass is 436 g/mol. The first kappa shape index (κ1) is 21.1. The van der Waals surface area contributed by atoms with Crippen molar-refractivity contribution in [3.05, 3.63) is 71.8 Å². The van der Waals surface area contributed by atoms with E-state index in [4.69, 9.17) is 9.47 Å². The number of hydrogen-bond acceptors (Lipinski definition) is 5. The molecule has 5 atom stereocenters. The Morgan fingerprint density at radius 1 is 1.00 bits per heavy atom. The predicted octanol–water partition coefficient (Wildman–Crippen LogP) is 1.73. The van der Waals surface area contributed by atoms with E-state index in [1.807, 2.05) is 65.6 Å². The van der Waals surface area contributed by atoms with Gasteiger partial charge in [0.2, 0.25) is 0 Å². The minimum atomic E-state index is -0.973. The zero-order valence-electron chi connectivity index (χ0n) is 17.9. The van der Waals surface area contributed by atoms with Gasteiger partial charge in [-0.25, -0.2) is 0 Å². The summed E-state index contributed by atoms with van der Waals surface area (Å²) in [5.74, 6) is -0.482. The Morgan fingerprint density at radius 3 is 2.38 bits per heavy atom. The summed E-state index contributed by atoms with van der Waals surface area (Å²) in [5.41, 5.74) is 2.09. The molecule has 0 unspecified atom stereocenters. The first-order chi connectivity index (χ1) is 15.7. The number of hydrogen-bond donors (Lipinski definition) is 1. The van der Waals surface area contributed by atoms with Crippen molar-refractivity contribution in [1.29, 1.82) is 0 Å². The van der Waals surface area contributed by atoms with Crippen LogP contribution in [0.4, 0.5) is 0 Å². The van der Waals surface area contributed by atoms with Gasteiger partial charge in [-0.05, 0) is 30.4 Å². The highest BCUT2D eigenvalue weighted by Crippen LogP contribution is 2.35. The summed E-state index contributed by atoms with van der Waals surface area (Å²) in [5, 5.41) is 9.64. The van der Waals surface area contributed by atoms with Gasteiger partial charge in [-0.1, -0.05) is 60.7 Å². The van der Waals surface area contributed by atoms with Gasteiger partial charge in [0.25, 0.3) is 11.8 Å². The summed E-state index contributed by atoms with van der Waals surface area (Å²) in [4.78, 5) is 30.3. The van der Waals surface area contributed by atoms with E-state index in [1.165, 1.54) is 0 Å². The van der Waals surface area contributed by atoms with Crippen LogP contribution >= 0.6 is 0 Å². The zero-order valence-corrected chi connectivity index (χ0v) is 17.9. The highest BCUT2D eigenvalue weighted by Gasteiger charge is 2.56. The normalized spacial score (nSPS) is 29.5. The number of aliphatic hydroxyl groups excluding tert-OH is 1. The molecule has 0 saturated carbocycles. The molecule has 2 aromatic rings. The summed E-state index contributed by atoms with van der Waals surface area (Å²) < 4.78 is 12.1. The van der Waals surface area contributed by atoms with E-state index >= 15 is 0 Å². The van der Waals surface area contributed by atoms with E-state index in [9.17, 15) is 14.7 Å². The number of carbonyl (C=O) groups excluding carboxylic acids is 2. The summed E-state index contributed by atoms with van der Waals surface area (Å²) in [7, 11) is 0. The largest absolute Gasteiger partial charge is 0.394 e. The minimum absolute atomic E-state index is 0.0852. The molecule has 32 heavy (non-hydrogen) atoms. The lowest BCUT2D eigenvalue weighted by atomic mass is 10.0. The first-order valence-electron chi connectivity index (χ1n) is 11.3. The van der Waals surface area contributed by atoms with E-state index in [0.717, 1.165) is 24.0 Å². The summed E-state index contributed by atoms with van der Waals surface area (Å²) in [6.45, 7) is 0.912. The number of morpholine rings is 1. The van der Waals surface area contributed by atoms with Gasteiger partial charge in [0.05, 0.1) is 18.7 Å². The zero-order chi connectivity index (χ0) is 22.1. The van der Waals surface area contributed by atoms with Gasteiger partial charge >= 0.3 is 0 Å². The SMILES string of the molecule is O=C([C@@H]1O[C@@H]2O[C@H]1C(=O)N(Cc1ccccc1)[C@@H]2Cc1ccccc1)N1CCC[C@H]1CO. The lowest BCUT2D eigenvalue weighted by Gasteiger charge is -2.38. The Bertz CT molecular complexity index is 953. The van der Waals surface area contributed by atoms with Crippen molar-refractivity contribution in [1.82, 2.24) is 9.80 Å². The molecule has 3 aliphatic rings. The number of carbonyl (C=O) groups is 2. The third kappa shape index (κ3) is 3.92. The van der Waals surface area contributed by atoms with Crippen molar-refractivity contribution < 1.29 is 24.2 Å². The van der Waals surface area contributed by atoms with Crippen molar-refractivity contribution in [3.63, 3.8) is 0 Å². The lowest BCUT2D eigenvalue weighted by molar-refractivity contribution is -0.177. The van der Waals surface area contributed by atoms with Gasteiger partial charge < -0.3 is 24.4 Å². The lowest BCUT2D eigenvalue weighted by Crippen LogP contribution is -2.57. The van der Waals surface area contributed by atoms with E-state index in [1.54, 1.807) is 4.90 Å². The molecule has 7 nitrogen and oxygen atoms in total. The number of nitrogens with zero attached hydrogens (tertiary/aromatic N) is 2. The third-order valence-corrected chi connectivity index (χ3v) is 6.68. The van der Waals surface area contributed by atoms with Crippen molar-refractivity contribution in [2.24, 2.45) is 0 Å². The minimum Gasteiger partial charge on any atom is -0.394 e. The van der Waals surface area contributed by atoms with Crippen LogP contribution in [0.15, 0.2) is 60.7 Å². The number of fused-ring (bicyclic) bond motifs is 2. The van der Waals surface area contributed by atoms with Gasteiger partial charge in [-0.3, -0.25) is 9.59 Å². The molecule has 168 valence electrons. The average Bonchev–Trinajstić information content (AvgIpc) is 3.47. The molecule has 3 saturated heterocycles. The van der Waals surface area contributed by atoms with E-state index in [2.05, 4.69) is 0 Å². The van der Waals surface area contributed by atoms with Crippen LogP contribution in [0, 0.1) is 0 Å². The highest BCUT2D eigenvalue weighted by molar-refractivity contribution is 5.92. The molecular weight excluding hydrogens is 408 g/mol. The summed E-state index contributed by atoms with van der Waals surface area (Å²) in [6, 6.07) is 19.2. The average molecular weight is 437 g/mol. The molecule has 1 N–H and O–H groups in total. The molecule has 2 aromatic carbocycles. The second kappa shape index (κ2) is 9.02. The topological polar surface area (TPSA) is 79.3 Å². The van der Waals surface area contributed by atoms with Crippen LogP contribution in [-0.2, 0) is 32.0 Å². The Labute approximate surface area is 187 Å². The van der Waals surface area contributed by atoms with Crippen LogP contribution in [0.2, 0.25) is 0 Å². The smallest absolute Gasteiger partial charge is 0.255 e. The fourth-order valence-corrected chi connectivity index (χ4v) is 5.01. The molecular formula is C25H28N2O5. The van der Waals surface area contributed by atoms with Crippen molar-refractivity contribution in [3.8, 4) is 0 Å². The number of rotatable bonds is 6. The maximum Gasteiger partial charge on any atom is 0.255 e. The Balaban J connectivity index is 1.42. The number of likely N-dealkylation sites (tertiary alicyclic amines) is 1. The van der Waals surface area contributed by atoms with Gasteiger partial charge in [-0.2, -0.15) is 0 Å². The fraction of sp³-hybridized carbons (Fsp3) is 0.440. The molecule has 0 spiro atoms. The maximum absolute atomic E-state index is 13.6. The van der Waals surface area contributed by atoms with Crippen LogP contribution in [0.3, 0.4) is 0 Å². The number of aliphatic hydroxyl groups is 1. The molecule has 7 heteroatoms. The number of benzene rings is 2. The third-order valence-electron chi connectivity index (χ3n) is 6.68. The number of amides is 2. The predicted molar refractivity (Wildman–Crippen MR) is 116 cm³/mol. The maximum atomic E-state index is 13.6. The van der Waals surface area contributed by atoms with Gasteiger partial charge in [0, 0.05) is 13.1 Å². The van der Waals surface area contributed by atoms with Gasteiger partial charge in [0.1, 0.15) is 0 Å². The van der Waals surface area contributed by atoms with Crippen LogP contribution in [0.25, 0.3) is 0 Å². The quantitative estimate of drug-likeness (QED) is 0.746. The summed E-state index contributed by atoms with van der Waals surface area (Å²) >= 11 is 0. The van der Waals surface area contributed by atoms with Crippen molar-refractivity contribution >= 4 is 11.8 Å². The van der Waals surface area contributed by atoms with E-state index < -0.39 is 18.5 Å². The molecule has 3 fully saturated rings. The molecule has 3 aliphatic heterocycles. The highest BCUT2D eigenvalue weighted by atomic mass is 16.7. The van der Waals surface area contributed by atoms with Crippen molar-refractivity contribution in [2.75, 3.05) is 13.2 Å². The second-order valence-electron chi connectivity index (χ2n) is 8.70. The van der Waals surface area contributed by atoms with Crippen LogP contribution < -0.4 is 0 Å². The van der Waals surface area contributed by atoms with Crippen LogP contribution in [0.1, 0.15) is 24.0 Å². The Hall–Kier alpha value is -2.74. The Kier molecular flexibility index (Phi) is 5.95. The Morgan fingerprint density at radius 2 is 1.69 bits per heavy atom. The summed E-state index contributed by atoms with van der Waals surface area (Å²) in [6.07, 6.45) is -0.439. The molecule has 3 heterocycles. The molecule has 0 radical (unpaired) electrons. The fourth-order valence-electron chi connectivity index (χ4n) is 5.01. The molecule has 5 rings (SSSR count). The van der Waals surface area contributed by atoms with E-state index in [0.29, 0.717) is 19.5 Å². The second-order valence-corrected chi connectivity index (χ2v) is 8.70. The standard InChI is InChI=1S/C25H28N2O5/c28-16-19-12-7-13-26(19)23(29)21-22-24(30)27(15-18-10-5-2-6-11-18)20(25(31-21)32-22)14-17-8-3-1-4-9-17/h1-6,8-11,19-22,25,28H,7,12-16H2/t19-,20+,21+,22+,25+/m0/s1. The van der Waals surface area contributed by atoms with Crippen LogP contribution in [-0.4, -0.2) is 70.5 Å². The molecule has 0 aromatic heterocycles.